The van der Waals surface area contributed by atoms with E-state index >= 15 is 0 Å². The lowest BCUT2D eigenvalue weighted by atomic mass is 10.0. The number of aromatic nitrogens is 3. The standard InChI is InChI=1S/C26H24N4/c1-17-6-9-25-21(12-17)22-15-29(2)11-10-26(22)30(25)20-5-3-4-18(13-20)19-7-8-23-24(14-19)28-16-27-23/h3-9,12-14,16H,10-11,15H2,1-2H3,(H,27,28). The van der Waals surface area contributed by atoms with Gasteiger partial charge in [0.05, 0.1) is 22.9 Å². The van der Waals surface area contributed by atoms with E-state index in [2.05, 4.69) is 94.1 Å². The highest BCUT2D eigenvalue weighted by molar-refractivity contribution is 5.89. The Bertz CT molecular complexity index is 1410. The molecule has 1 aliphatic rings. The molecule has 148 valence electrons. The number of nitrogens with one attached hydrogen (secondary N) is 1. The van der Waals surface area contributed by atoms with Crippen LogP contribution in [0.3, 0.4) is 0 Å². The molecule has 5 aromatic rings. The molecule has 1 N–H and O–H groups in total. The van der Waals surface area contributed by atoms with Gasteiger partial charge in [-0.3, -0.25) is 0 Å². The fourth-order valence-corrected chi connectivity index (χ4v) is 4.84. The molecule has 0 saturated heterocycles. The van der Waals surface area contributed by atoms with Crippen molar-refractivity contribution in [2.45, 2.75) is 19.9 Å². The van der Waals surface area contributed by atoms with Crippen LogP contribution in [0.4, 0.5) is 0 Å². The smallest absolute Gasteiger partial charge is 0.0931 e. The highest BCUT2D eigenvalue weighted by Gasteiger charge is 2.23. The SMILES string of the molecule is Cc1ccc2c(c1)c1c(n2-c2cccc(-c3ccc4nc[nH]c4c3)c2)CCN(C)C1. The number of aryl methyl sites for hydroxylation is 1. The third-order valence-corrected chi connectivity index (χ3v) is 6.35. The van der Waals surface area contributed by atoms with Gasteiger partial charge in [0.25, 0.3) is 0 Å². The van der Waals surface area contributed by atoms with E-state index < -0.39 is 0 Å². The number of rotatable bonds is 2. The predicted molar refractivity (Wildman–Crippen MR) is 123 cm³/mol. The van der Waals surface area contributed by atoms with Crippen molar-refractivity contribution in [1.82, 2.24) is 19.4 Å². The summed E-state index contributed by atoms with van der Waals surface area (Å²) in [5.74, 6) is 0. The number of likely N-dealkylation sites (N-methyl/N-ethyl adjacent to an activating group) is 1. The molecule has 4 heteroatoms. The van der Waals surface area contributed by atoms with Gasteiger partial charge in [0.1, 0.15) is 0 Å². The molecule has 0 atom stereocenters. The number of benzene rings is 3. The Morgan fingerprint density at radius 3 is 2.80 bits per heavy atom. The van der Waals surface area contributed by atoms with Gasteiger partial charge in [0.2, 0.25) is 0 Å². The summed E-state index contributed by atoms with van der Waals surface area (Å²) in [5, 5.41) is 1.39. The van der Waals surface area contributed by atoms with Gasteiger partial charge < -0.3 is 14.5 Å². The number of hydrogen-bond acceptors (Lipinski definition) is 2. The topological polar surface area (TPSA) is 36.9 Å². The van der Waals surface area contributed by atoms with E-state index in [0.29, 0.717) is 0 Å². The van der Waals surface area contributed by atoms with Gasteiger partial charge >= 0.3 is 0 Å². The Kier molecular flexibility index (Phi) is 3.83. The first-order valence-electron chi connectivity index (χ1n) is 10.5. The Morgan fingerprint density at radius 2 is 1.87 bits per heavy atom. The summed E-state index contributed by atoms with van der Waals surface area (Å²) in [5.41, 5.74) is 11.3. The normalized spacial score (nSPS) is 14.5. The second-order valence-corrected chi connectivity index (χ2v) is 8.45. The van der Waals surface area contributed by atoms with Crippen LogP contribution in [0.25, 0.3) is 38.8 Å². The van der Waals surface area contributed by atoms with Crippen LogP contribution >= 0.6 is 0 Å². The first-order chi connectivity index (χ1) is 14.7. The molecule has 0 saturated carbocycles. The fraction of sp³-hybridized carbons (Fsp3) is 0.192. The van der Waals surface area contributed by atoms with E-state index in [1.165, 1.54) is 44.5 Å². The predicted octanol–water partition coefficient (Wildman–Crippen LogP) is 5.47. The van der Waals surface area contributed by atoms with E-state index in [0.717, 1.165) is 30.5 Å². The zero-order chi connectivity index (χ0) is 20.2. The van der Waals surface area contributed by atoms with Crippen LogP contribution in [-0.4, -0.2) is 33.0 Å². The molecule has 1 aliphatic heterocycles. The molecule has 0 fully saturated rings. The number of nitrogens with zero attached hydrogens (tertiary/aromatic N) is 3. The fourth-order valence-electron chi connectivity index (χ4n) is 4.84. The number of H-pyrrole nitrogens is 1. The minimum atomic E-state index is 1.000. The summed E-state index contributed by atoms with van der Waals surface area (Å²) in [6, 6.07) is 22.2. The summed E-state index contributed by atoms with van der Waals surface area (Å²) in [6.07, 6.45) is 2.83. The summed E-state index contributed by atoms with van der Waals surface area (Å²) in [6.45, 7) is 4.29. The second kappa shape index (κ2) is 6.57. The Balaban J connectivity index is 1.55. The lowest BCUT2D eigenvalue weighted by Gasteiger charge is -2.24. The van der Waals surface area contributed by atoms with Crippen molar-refractivity contribution in [3.8, 4) is 16.8 Å². The monoisotopic (exact) mass is 392 g/mol. The van der Waals surface area contributed by atoms with Gasteiger partial charge in [-0.1, -0.05) is 29.8 Å². The zero-order valence-corrected chi connectivity index (χ0v) is 17.3. The maximum Gasteiger partial charge on any atom is 0.0931 e. The van der Waals surface area contributed by atoms with Crippen LogP contribution in [0.2, 0.25) is 0 Å². The molecular formula is C26H24N4. The average Bonchev–Trinajstić information content (AvgIpc) is 3.35. The van der Waals surface area contributed by atoms with E-state index in [4.69, 9.17) is 0 Å². The highest BCUT2D eigenvalue weighted by Crippen LogP contribution is 2.35. The van der Waals surface area contributed by atoms with E-state index in [1.807, 2.05) is 0 Å². The van der Waals surface area contributed by atoms with Crippen molar-refractivity contribution in [3.63, 3.8) is 0 Å². The van der Waals surface area contributed by atoms with Crippen LogP contribution in [0.1, 0.15) is 16.8 Å². The lowest BCUT2D eigenvalue weighted by molar-refractivity contribution is 0.311. The summed E-state index contributed by atoms with van der Waals surface area (Å²) >= 11 is 0. The van der Waals surface area contributed by atoms with Crippen LogP contribution in [0.5, 0.6) is 0 Å². The van der Waals surface area contributed by atoms with Crippen LogP contribution in [-0.2, 0) is 13.0 Å². The second-order valence-electron chi connectivity index (χ2n) is 8.45. The van der Waals surface area contributed by atoms with Crippen molar-refractivity contribution in [2.75, 3.05) is 13.6 Å². The third-order valence-electron chi connectivity index (χ3n) is 6.35. The molecule has 3 aromatic carbocycles. The number of fused-ring (bicyclic) bond motifs is 4. The molecule has 0 spiro atoms. The first kappa shape index (κ1) is 17.5. The van der Waals surface area contributed by atoms with Crippen molar-refractivity contribution >= 4 is 21.9 Å². The number of imidazole rings is 1. The quantitative estimate of drug-likeness (QED) is 0.432. The molecular weight excluding hydrogens is 368 g/mol. The summed E-state index contributed by atoms with van der Waals surface area (Å²) in [4.78, 5) is 9.99. The molecule has 3 heterocycles. The maximum absolute atomic E-state index is 4.34. The molecule has 4 nitrogen and oxygen atoms in total. The van der Waals surface area contributed by atoms with Gasteiger partial charge in [-0.2, -0.15) is 0 Å². The molecule has 30 heavy (non-hydrogen) atoms. The Morgan fingerprint density at radius 1 is 0.967 bits per heavy atom. The van der Waals surface area contributed by atoms with Crippen molar-refractivity contribution in [2.24, 2.45) is 0 Å². The van der Waals surface area contributed by atoms with Gasteiger partial charge in [-0.05, 0) is 67.1 Å². The van der Waals surface area contributed by atoms with Crippen LogP contribution < -0.4 is 0 Å². The van der Waals surface area contributed by atoms with Gasteiger partial charge in [0, 0.05) is 36.3 Å². The number of hydrogen-bond donors (Lipinski definition) is 1. The summed E-state index contributed by atoms with van der Waals surface area (Å²) in [7, 11) is 2.22. The minimum absolute atomic E-state index is 1.000. The molecule has 6 rings (SSSR count). The molecule has 2 aromatic heterocycles. The lowest BCUT2D eigenvalue weighted by Crippen LogP contribution is -2.27. The van der Waals surface area contributed by atoms with E-state index in [1.54, 1.807) is 6.33 Å². The van der Waals surface area contributed by atoms with Gasteiger partial charge in [-0.15, -0.1) is 0 Å². The third kappa shape index (κ3) is 2.68. The maximum atomic E-state index is 4.34. The van der Waals surface area contributed by atoms with Crippen molar-refractivity contribution in [3.05, 3.63) is 83.8 Å². The Hall–Kier alpha value is -3.37. The summed E-state index contributed by atoms with van der Waals surface area (Å²) < 4.78 is 2.48. The molecule has 0 unspecified atom stereocenters. The average molecular weight is 393 g/mol. The highest BCUT2D eigenvalue weighted by atomic mass is 15.1. The largest absolute Gasteiger partial charge is 0.345 e. The molecule has 0 amide bonds. The van der Waals surface area contributed by atoms with Crippen molar-refractivity contribution < 1.29 is 0 Å². The molecule has 0 aliphatic carbocycles. The van der Waals surface area contributed by atoms with Crippen LogP contribution in [0, 0.1) is 6.92 Å². The van der Waals surface area contributed by atoms with E-state index in [9.17, 15) is 0 Å². The first-order valence-corrected chi connectivity index (χ1v) is 10.5. The number of aromatic amines is 1. The van der Waals surface area contributed by atoms with Gasteiger partial charge in [-0.25, -0.2) is 4.98 Å². The molecule has 0 bridgehead atoms. The van der Waals surface area contributed by atoms with E-state index in [-0.39, 0.29) is 0 Å². The van der Waals surface area contributed by atoms with Crippen LogP contribution in [0.15, 0.2) is 67.0 Å². The Labute approximate surface area is 175 Å². The zero-order valence-electron chi connectivity index (χ0n) is 17.3. The molecule has 0 radical (unpaired) electrons. The van der Waals surface area contributed by atoms with Gasteiger partial charge in [0.15, 0.2) is 0 Å². The van der Waals surface area contributed by atoms with Crippen molar-refractivity contribution in [1.29, 1.82) is 0 Å². The minimum Gasteiger partial charge on any atom is -0.345 e.